The van der Waals surface area contributed by atoms with Crippen LogP contribution in [0.1, 0.15) is 6.92 Å². The minimum absolute atomic E-state index is 0.153. The van der Waals surface area contributed by atoms with Crippen LogP contribution in [0.5, 0.6) is 0 Å². The predicted molar refractivity (Wildman–Crippen MR) is 69.0 cm³/mol. The van der Waals surface area contributed by atoms with Gasteiger partial charge in [-0.2, -0.15) is 0 Å². The van der Waals surface area contributed by atoms with E-state index in [-0.39, 0.29) is 6.04 Å². The summed E-state index contributed by atoms with van der Waals surface area (Å²) in [4.78, 5) is 0. The van der Waals surface area contributed by atoms with Gasteiger partial charge in [0.2, 0.25) is 0 Å². The minimum atomic E-state index is -0.986. The molecule has 0 aliphatic carbocycles. The van der Waals surface area contributed by atoms with Gasteiger partial charge in [-0.25, -0.2) is 4.39 Å². The van der Waals surface area contributed by atoms with E-state index in [9.17, 15) is 4.39 Å². The van der Waals surface area contributed by atoms with Crippen molar-refractivity contribution in [3.8, 4) is 0 Å². The van der Waals surface area contributed by atoms with Gasteiger partial charge in [-0.1, -0.05) is 0 Å². The summed E-state index contributed by atoms with van der Waals surface area (Å²) in [6, 6.07) is -0.153. The lowest BCUT2D eigenvalue weighted by molar-refractivity contribution is 0.214. The van der Waals surface area contributed by atoms with Crippen LogP contribution in [-0.2, 0) is 0 Å². The summed E-state index contributed by atoms with van der Waals surface area (Å²) >= 11 is 0. The molecule has 5 nitrogen and oxygen atoms in total. The molecule has 1 aliphatic heterocycles. The summed E-state index contributed by atoms with van der Waals surface area (Å²) in [6.07, 6.45) is -0.986. The van der Waals surface area contributed by atoms with Gasteiger partial charge >= 0.3 is 0 Å². The molecular formula is C11H26FN5. The van der Waals surface area contributed by atoms with Gasteiger partial charge in [0.1, 0.15) is 0 Å². The van der Waals surface area contributed by atoms with Crippen molar-refractivity contribution < 1.29 is 4.39 Å². The van der Waals surface area contributed by atoms with Crippen LogP contribution in [0.15, 0.2) is 0 Å². The second-order valence-electron chi connectivity index (χ2n) is 4.35. The molecule has 5 N–H and O–H groups in total. The Morgan fingerprint density at radius 3 is 1.65 bits per heavy atom. The van der Waals surface area contributed by atoms with E-state index in [1.807, 2.05) is 6.92 Å². The third-order valence-electron chi connectivity index (χ3n) is 2.81. The highest BCUT2D eigenvalue weighted by Gasteiger charge is 2.13. The van der Waals surface area contributed by atoms with Crippen molar-refractivity contribution >= 4 is 0 Å². The van der Waals surface area contributed by atoms with Gasteiger partial charge < -0.3 is 21.3 Å². The van der Waals surface area contributed by atoms with Crippen molar-refractivity contribution in [1.29, 1.82) is 0 Å². The Hall–Kier alpha value is -0.270. The summed E-state index contributed by atoms with van der Waals surface area (Å²) < 4.78 is 13.6. The van der Waals surface area contributed by atoms with Crippen molar-refractivity contribution in [3.05, 3.63) is 0 Å². The Balaban J connectivity index is 2.21. The summed E-state index contributed by atoms with van der Waals surface area (Å²) in [5, 5.41) is 15.9. The van der Waals surface area contributed by atoms with E-state index in [2.05, 4.69) is 26.6 Å². The SMILES string of the molecule is C[C@@H]1NCCNCCNCCNCCNC1F. The lowest BCUT2D eigenvalue weighted by Gasteiger charge is -2.19. The molecule has 0 aromatic rings. The molecule has 1 unspecified atom stereocenters. The van der Waals surface area contributed by atoms with Gasteiger partial charge in [-0.3, -0.25) is 5.32 Å². The smallest absolute Gasteiger partial charge is 0.166 e. The molecule has 1 fully saturated rings. The molecule has 0 saturated carbocycles. The van der Waals surface area contributed by atoms with Crippen molar-refractivity contribution in [2.45, 2.75) is 19.3 Å². The first-order valence-corrected chi connectivity index (χ1v) is 6.53. The lowest BCUT2D eigenvalue weighted by atomic mass is 10.3. The summed E-state index contributed by atoms with van der Waals surface area (Å²) in [6.45, 7) is 8.79. The maximum atomic E-state index is 13.6. The summed E-state index contributed by atoms with van der Waals surface area (Å²) in [5.41, 5.74) is 0. The minimum Gasteiger partial charge on any atom is -0.314 e. The maximum absolute atomic E-state index is 13.6. The van der Waals surface area contributed by atoms with Gasteiger partial charge in [0.25, 0.3) is 0 Å². The normalized spacial score (nSPS) is 31.4. The van der Waals surface area contributed by atoms with Crippen LogP contribution >= 0.6 is 0 Å². The lowest BCUT2D eigenvalue weighted by Crippen LogP contribution is -2.46. The molecule has 0 radical (unpaired) electrons. The van der Waals surface area contributed by atoms with Crippen molar-refractivity contribution in [2.24, 2.45) is 0 Å². The highest BCUT2D eigenvalue weighted by atomic mass is 19.1. The second kappa shape index (κ2) is 9.73. The first kappa shape index (κ1) is 14.8. The number of hydrogen-bond donors (Lipinski definition) is 5. The molecule has 6 heteroatoms. The molecule has 102 valence electrons. The Morgan fingerprint density at radius 1 is 0.706 bits per heavy atom. The fourth-order valence-electron chi connectivity index (χ4n) is 1.70. The molecule has 1 heterocycles. The quantitative estimate of drug-likeness (QED) is 0.342. The Kier molecular flexibility index (Phi) is 8.46. The molecule has 0 spiro atoms. The number of halogens is 1. The zero-order valence-corrected chi connectivity index (χ0v) is 10.7. The molecule has 0 aromatic carbocycles. The molecule has 1 rings (SSSR count). The van der Waals surface area contributed by atoms with Crippen LogP contribution in [-0.4, -0.2) is 64.7 Å². The number of rotatable bonds is 0. The van der Waals surface area contributed by atoms with Gasteiger partial charge in [0.05, 0.1) is 0 Å². The summed E-state index contributed by atoms with van der Waals surface area (Å²) in [5.74, 6) is 0. The molecule has 0 amide bonds. The van der Waals surface area contributed by atoms with Crippen LogP contribution < -0.4 is 26.6 Å². The Bertz CT molecular complexity index is 163. The van der Waals surface area contributed by atoms with E-state index in [0.29, 0.717) is 6.54 Å². The van der Waals surface area contributed by atoms with Crippen LogP contribution in [0.2, 0.25) is 0 Å². The van der Waals surface area contributed by atoms with Gasteiger partial charge in [0, 0.05) is 58.4 Å². The van der Waals surface area contributed by atoms with Gasteiger partial charge in [-0.05, 0) is 6.92 Å². The molecule has 0 aromatic heterocycles. The Morgan fingerprint density at radius 2 is 1.12 bits per heavy atom. The van der Waals surface area contributed by atoms with Crippen LogP contribution in [0, 0.1) is 0 Å². The number of hydrogen-bond acceptors (Lipinski definition) is 5. The van der Waals surface area contributed by atoms with Crippen LogP contribution in [0.25, 0.3) is 0 Å². The van der Waals surface area contributed by atoms with E-state index in [4.69, 9.17) is 0 Å². The van der Waals surface area contributed by atoms with E-state index >= 15 is 0 Å². The predicted octanol–water partition coefficient (Wildman–Crippen LogP) is -1.37. The maximum Gasteiger partial charge on any atom is 0.166 e. The fourth-order valence-corrected chi connectivity index (χ4v) is 1.70. The van der Waals surface area contributed by atoms with Gasteiger partial charge in [0.15, 0.2) is 6.30 Å². The van der Waals surface area contributed by atoms with Crippen LogP contribution in [0.4, 0.5) is 4.39 Å². The van der Waals surface area contributed by atoms with Crippen LogP contribution in [0.3, 0.4) is 0 Å². The zero-order valence-electron chi connectivity index (χ0n) is 10.7. The molecule has 17 heavy (non-hydrogen) atoms. The van der Waals surface area contributed by atoms with E-state index < -0.39 is 6.30 Å². The van der Waals surface area contributed by atoms with Crippen molar-refractivity contribution in [1.82, 2.24) is 26.6 Å². The molecule has 1 saturated heterocycles. The van der Waals surface area contributed by atoms with Gasteiger partial charge in [-0.15, -0.1) is 0 Å². The molecule has 2 atom stereocenters. The van der Waals surface area contributed by atoms with Crippen molar-refractivity contribution in [3.63, 3.8) is 0 Å². The topological polar surface area (TPSA) is 60.1 Å². The highest BCUT2D eigenvalue weighted by molar-refractivity contribution is 4.71. The first-order valence-electron chi connectivity index (χ1n) is 6.53. The molecule has 1 aliphatic rings. The monoisotopic (exact) mass is 247 g/mol. The molecular weight excluding hydrogens is 221 g/mol. The van der Waals surface area contributed by atoms with E-state index in [1.165, 1.54) is 0 Å². The average Bonchev–Trinajstić information content (AvgIpc) is 2.34. The third kappa shape index (κ3) is 7.62. The Labute approximate surface area is 103 Å². The number of nitrogens with one attached hydrogen (secondary N) is 5. The standard InChI is InChI=1S/C11H26FN5/c1-10-11(12)17-9-7-15-5-3-13-2-4-14-6-8-16-10/h10-11,13-17H,2-9H2,1H3/t10-,11?/m0/s1. The van der Waals surface area contributed by atoms with Crippen molar-refractivity contribution in [2.75, 3.05) is 52.4 Å². The molecule has 0 bridgehead atoms. The van der Waals surface area contributed by atoms with E-state index in [0.717, 1.165) is 45.8 Å². The summed E-state index contributed by atoms with van der Waals surface area (Å²) in [7, 11) is 0. The number of alkyl halides is 1. The zero-order chi connectivity index (χ0) is 12.3. The highest BCUT2D eigenvalue weighted by Crippen LogP contribution is 1.93. The van der Waals surface area contributed by atoms with E-state index in [1.54, 1.807) is 0 Å². The third-order valence-corrected chi connectivity index (χ3v) is 2.81. The largest absolute Gasteiger partial charge is 0.314 e. The second-order valence-corrected chi connectivity index (χ2v) is 4.35. The fraction of sp³-hybridized carbons (Fsp3) is 1.00. The average molecular weight is 247 g/mol. The first-order chi connectivity index (χ1) is 8.30.